The van der Waals surface area contributed by atoms with Gasteiger partial charge in [-0.25, -0.2) is 4.68 Å². The molecule has 1 saturated heterocycles. The molecule has 114 valence electrons. The van der Waals surface area contributed by atoms with E-state index in [9.17, 15) is 10.1 Å². The van der Waals surface area contributed by atoms with Crippen LogP contribution in [-0.2, 0) is 6.67 Å². The molecule has 5 nitrogen and oxygen atoms in total. The minimum Gasteiger partial charge on any atom is -0.276 e. The molecule has 0 saturated carbocycles. The number of aromatic nitrogens is 2. The molecule has 0 aromatic carbocycles. The van der Waals surface area contributed by atoms with E-state index >= 15 is 0 Å². The Labute approximate surface area is 133 Å². The molecule has 1 atom stereocenters. The van der Waals surface area contributed by atoms with Gasteiger partial charge in [-0.2, -0.15) is 10.4 Å². The van der Waals surface area contributed by atoms with E-state index in [0.717, 1.165) is 25.1 Å². The van der Waals surface area contributed by atoms with Crippen LogP contribution in [-0.4, -0.2) is 21.2 Å². The molecule has 0 unspecified atom stereocenters. The highest BCUT2D eigenvalue weighted by atomic mass is 32.1. The summed E-state index contributed by atoms with van der Waals surface area (Å²) in [5.41, 5.74) is 1.34. The first-order chi connectivity index (χ1) is 10.6. The molecule has 3 rings (SSSR count). The number of thiophene rings is 1. The standard InChI is InChI=1S/C16H18N4OS/c1-11-12(2)18-20(16(21)13(11)9-17)10-19-7-3-5-14(19)15-6-4-8-22-15/h4,6,8,14H,3,5,7,10H2,1-2H3/t14-/m1/s1. The van der Waals surface area contributed by atoms with Crippen molar-refractivity contribution in [2.45, 2.75) is 39.4 Å². The minimum absolute atomic E-state index is 0.208. The van der Waals surface area contributed by atoms with Crippen molar-refractivity contribution in [1.29, 1.82) is 5.26 Å². The van der Waals surface area contributed by atoms with Crippen LogP contribution in [0, 0.1) is 25.2 Å². The lowest BCUT2D eigenvalue weighted by molar-refractivity contribution is 0.188. The Kier molecular flexibility index (Phi) is 4.10. The SMILES string of the molecule is Cc1nn(CN2CCC[C@@H]2c2cccs2)c(=O)c(C#N)c1C. The highest BCUT2D eigenvalue weighted by Gasteiger charge is 2.27. The van der Waals surface area contributed by atoms with Crippen LogP contribution in [0.5, 0.6) is 0 Å². The van der Waals surface area contributed by atoms with Crippen LogP contribution >= 0.6 is 11.3 Å². The molecule has 6 heteroatoms. The van der Waals surface area contributed by atoms with Crippen LogP contribution in [0.2, 0.25) is 0 Å². The van der Waals surface area contributed by atoms with E-state index in [-0.39, 0.29) is 11.1 Å². The second kappa shape index (κ2) is 6.03. The molecule has 2 aromatic rings. The predicted molar refractivity (Wildman–Crippen MR) is 85.7 cm³/mol. The molecule has 22 heavy (non-hydrogen) atoms. The summed E-state index contributed by atoms with van der Waals surface area (Å²) < 4.78 is 1.44. The van der Waals surface area contributed by atoms with Gasteiger partial charge in [-0.15, -0.1) is 11.3 Å². The topological polar surface area (TPSA) is 61.9 Å². The molecule has 2 aromatic heterocycles. The first kappa shape index (κ1) is 14.9. The minimum atomic E-state index is -0.289. The lowest BCUT2D eigenvalue weighted by Gasteiger charge is -2.24. The summed E-state index contributed by atoms with van der Waals surface area (Å²) in [5, 5.41) is 15.7. The molecule has 0 bridgehead atoms. The van der Waals surface area contributed by atoms with E-state index in [1.807, 2.05) is 13.0 Å². The van der Waals surface area contributed by atoms with Gasteiger partial charge in [0.15, 0.2) is 0 Å². The fourth-order valence-corrected chi connectivity index (χ4v) is 3.87. The van der Waals surface area contributed by atoms with Crippen LogP contribution in [0.3, 0.4) is 0 Å². The average Bonchev–Trinajstić information content (AvgIpc) is 3.16. The number of aryl methyl sites for hydroxylation is 1. The third-order valence-corrected chi connectivity index (χ3v) is 5.27. The zero-order valence-electron chi connectivity index (χ0n) is 12.7. The van der Waals surface area contributed by atoms with E-state index < -0.39 is 0 Å². The van der Waals surface area contributed by atoms with Gasteiger partial charge in [-0.05, 0) is 43.7 Å². The normalized spacial score (nSPS) is 18.5. The van der Waals surface area contributed by atoms with Crippen molar-refractivity contribution in [3.05, 3.63) is 49.6 Å². The highest BCUT2D eigenvalue weighted by molar-refractivity contribution is 7.10. The van der Waals surface area contributed by atoms with Gasteiger partial charge in [0.25, 0.3) is 5.56 Å². The van der Waals surface area contributed by atoms with Crippen LogP contribution in [0.4, 0.5) is 0 Å². The second-order valence-corrected chi connectivity index (χ2v) is 6.61. The quantitative estimate of drug-likeness (QED) is 0.873. The third-order valence-electron chi connectivity index (χ3n) is 4.30. The highest BCUT2D eigenvalue weighted by Crippen LogP contribution is 2.34. The maximum absolute atomic E-state index is 12.4. The third kappa shape index (κ3) is 2.58. The number of hydrogen-bond donors (Lipinski definition) is 0. The zero-order chi connectivity index (χ0) is 15.7. The van der Waals surface area contributed by atoms with E-state index in [1.54, 1.807) is 18.3 Å². The predicted octanol–water partition coefficient (Wildman–Crippen LogP) is 2.59. The summed E-state index contributed by atoms with van der Waals surface area (Å²) >= 11 is 1.75. The van der Waals surface area contributed by atoms with Gasteiger partial charge < -0.3 is 0 Å². The van der Waals surface area contributed by atoms with E-state index in [1.165, 1.54) is 9.56 Å². The van der Waals surface area contributed by atoms with Crippen LogP contribution in [0.25, 0.3) is 0 Å². The Bertz CT molecular complexity index is 773. The number of likely N-dealkylation sites (tertiary alicyclic amines) is 1. The van der Waals surface area contributed by atoms with Crippen molar-refractivity contribution in [2.24, 2.45) is 0 Å². The van der Waals surface area contributed by atoms with Gasteiger partial charge in [0, 0.05) is 17.5 Å². The van der Waals surface area contributed by atoms with Crippen molar-refractivity contribution >= 4 is 11.3 Å². The Hall–Kier alpha value is -1.97. The number of nitrogens with zero attached hydrogens (tertiary/aromatic N) is 4. The fourth-order valence-electron chi connectivity index (χ4n) is 2.97. The second-order valence-electron chi connectivity index (χ2n) is 5.63. The molecular formula is C16H18N4OS. The summed E-state index contributed by atoms with van der Waals surface area (Å²) in [4.78, 5) is 16.0. The summed E-state index contributed by atoms with van der Waals surface area (Å²) in [6.45, 7) is 5.01. The Morgan fingerprint density at radius 2 is 2.32 bits per heavy atom. The maximum atomic E-state index is 12.4. The molecule has 1 aliphatic rings. The lowest BCUT2D eigenvalue weighted by atomic mass is 10.1. The van der Waals surface area contributed by atoms with Gasteiger partial charge >= 0.3 is 0 Å². The number of nitriles is 1. The van der Waals surface area contributed by atoms with E-state index in [4.69, 9.17) is 0 Å². The summed E-state index contributed by atoms with van der Waals surface area (Å²) in [7, 11) is 0. The van der Waals surface area contributed by atoms with Crippen LogP contribution in [0.15, 0.2) is 22.3 Å². The van der Waals surface area contributed by atoms with Crippen molar-refractivity contribution < 1.29 is 0 Å². The van der Waals surface area contributed by atoms with Gasteiger partial charge in [0.1, 0.15) is 11.6 Å². The monoisotopic (exact) mass is 314 g/mol. The number of hydrogen-bond acceptors (Lipinski definition) is 5. The molecule has 0 N–H and O–H groups in total. The zero-order valence-corrected chi connectivity index (χ0v) is 13.6. The van der Waals surface area contributed by atoms with Crippen molar-refractivity contribution in [1.82, 2.24) is 14.7 Å². The summed E-state index contributed by atoms with van der Waals surface area (Å²) in [6, 6.07) is 6.57. The summed E-state index contributed by atoms with van der Waals surface area (Å²) in [6.07, 6.45) is 2.22. The average molecular weight is 314 g/mol. The molecule has 3 heterocycles. The van der Waals surface area contributed by atoms with Gasteiger partial charge in [-0.1, -0.05) is 6.07 Å². The molecule has 1 aliphatic heterocycles. The van der Waals surface area contributed by atoms with E-state index in [0.29, 0.717) is 18.3 Å². The Balaban J connectivity index is 1.92. The molecule has 0 amide bonds. The fraction of sp³-hybridized carbons (Fsp3) is 0.438. The maximum Gasteiger partial charge on any atom is 0.286 e. The Morgan fingerprint density at radius 1 is 1.50 bits per heavy atom. The molecule has 0 spiro atoms. The van der Waals surface area contributed by atoms with Crippen molar-refractivity contribution in [3.8, 4) is 6.07 Å². The molecule has 0 radical (unpaired) electrons. The van der Waals surface area contributed by atoms with Crippen molar-refractivity contribution in [3.63, 3.8) is 0 Å². The number of rotatable bonds is 3. The first-order valence-corrected chi connectivity index (χ1v) is 8.25. The van der Waals surface area contributed by atoms with E-state index in [2.05, 4.69) is 27.5 Å². The first-order valence-electron chi connectivity index (χ1n) is 7.37. The Morgan fingerprint density at radius 3 is 3.00 bits per heavy atom. The van der Waals surface area contributed by atoms with Crippen LogP contribution < -0.4 is 5.56 Å². The van der Waals surface area contributed by atoms with Gasteiger partial charge in [0.05, 0.1) is 12.4 Å². The molecular weight excluding hydrogens is 296 g/mol. The smallest absolute Gasteiger partial charge is 0.276 e. The molecule has 1 fully saturated rings. The van der Waals surface area contributed by atoms with Gasteiger partial charge in [-0.3, -0.25) is 9.69 Å². The molecule has 0 aliphatic carbocycles. The lowest BCUT2D eigenvalue weighted by Crippen LogP contribution is -2.35. The van der Waals surface area contributed by atoms with Crippen molar-refractivity contribution in [2.75, 3.05) is 6.54 Å². The van der Waals surface area contributed by atoms with Gasteiger partial charge in [0.2, 0.25) is 0 Å². The summed E-state index contributed by atoms with van der Waals surface area (Å²) in [5.74, 6) is 0. The van der Waals surface area contributed by atoms with Crippen LogP contribution in [0.1, 0.15) is 40.6 Å². The largest absolute Gasteiger partial charge is 0.286 e.